The molecule has 1 aromatic rings. The summed E-state index contributed by atoms with van der Waals surface area (Å²) in [6.07, 6.45) is 11.0. The minimum Gasteiger partial charge on any atom is -0.378 e. The number of aryl methyl sites for hydroxylation is 1. The van der Waals surface area contributed by atoms with E-state index in [1.165, 1.54) is 32.1 Å². The molecule has 0 spiro atoms. The van der Waals surface area contributed by atoms with Gasteiger partial charge in [0.25, 0.3) is 0 Å². The zero-order valence-electron chi connectivity index (χ0n) is 18.0. The number of nitrogens with one attached hydrogen (secondary N) is 3. The van der Waals surface area contributed by atoms with E-state index in [2.05, 4.69) is 10.2 Å². The monoisotopic (exact) mass is 397 g/mol. The molecule has 1 saturated heterocycles. The van der Waals surface area contributed by atoms with Crippen molar-refractivity contribution in [1.29, 1.82) is 10.8 Å². The maximum absolute atomic E-state index is 8.46. The smallest absolute Gasteiger partial charge is 0.138 e. The zero-order valence-corrected chi connectivity index (χ0v) is 18.0. The highest BCUT2D eigenvalue weighted by molar-refractivity contribution is 6.12. The number of rotatable bonds is 7. The molecule has 2 fully saturated rings. The summed E-state index contributed by atoms with van der Waals surface area (Å²) >= 11 is 0. The van der Waals surface area contributed by atoms with Crippen LogP contribution >= 0.6 is 0 Å². The van der Waals surface area contributed by atoms with Crippen LogP contribution in [0.15, 0.2) is 24.3 Å². The zero-order chi connectivity index (χ0) is 20.8. The van der Waals surface area contributed by atoms with Crippen molar-refractivity contribution < 1.29 is 4.74 Å². The largest absolute Gasteiger partial charge is 0.378 e. The molecule has 3 rings (SSSR count). The van der Waals surface area contributed by atoms with Crippen LogP contribution in [-0.2, 0) is 4.74 Å². The van der Waals surface area contributed by atoms with E-state index < -0.39 is 0 Å². The van der Waals surface area contributed by atoms with Gasteiger partial charge in [-0.05, 0) is 57.4 Å². The molecule has 2 unspecified atom stereocenters. The third-order valence-corrected chi connectivity index (χ3v) is 6.02. The van der Waals surface area contributed by atoms with Crippen molar-refractivity contribution in [1.82, 2.24) is 10.3 Å². The van der Waals surface area contributed by atoms with Crippen LogP contribution in [0.5, 0.6) is 0 Å². The van der Waals surface area contributed by atoms with Gasteiger partial charge in [-0.2, -0.15) is 0 Å². The summed E-state index contributed by atoms with van der Waals surface area (Å²) in [4.78, 5) is 7.04. The predicted octanol–water partition coefficient (Wildman–Crippen LogP) is 3.87. The van der Waals surface area contributed by atoms with Crippen LogP contribution in [0, 0.1) is 17.7 Å². The van der Waals surface area contributed by atoms with Crippen LogP contribution in [0.1, 0.15) is 56.7 Å². The fourth-order valence-electron chi connectivity index (χ4n) is 4.40. The fourth-order valence-corrected chi connectivity index (χ4v) is 4.40. The van der Waals surface area contributed by atoms with Crippen molar-refractivity contribution in [3.8, 4) is 0 Å². The van der Waals surface area contributed by atoms with Gasteiger partial charge in [0, 0.05) is 49.3 Å². The predicted molar refractivity (Wildman–Crippen MR) is 120 cm³/mol. The molecule has 1 aliphatic heterocycles. The Balaban J connectivity index is 1.74. The summed E-state index contributed by atoms with van der Waals surface area (Å²) in [5.74, 6) is 0.848. The molecule has 2 aliphatic rings. The van der Waals surface area contributed by atoms with Gasteiger partial charge in [-0.25, -0.2) is 4.98 Å². The number of aromatic nitrogens is 1. The van der Waals surface area contributed by atoms with Crippen molar-refractivity contribution in [2.75, 3.05) is 25.1 Å². The van der Waals surface area contributed by atoms with Crippen LogP contribution in [0.2, 0.25) is 0 Å². The van der Waals surface area contributed by atoms with Crippen molar-refractivity contribution in [3.05, 3.63) is 35.5 Å². The summed E-state index contributed by atoms with van der Waals surface area (Å²) < 4.78 is 5.88. The molecule has 0 radical (unpaired) electrons. The van der Waals surface area contributed by atoms with Crippen LogP contribution in [0.3, 0.4) is 0 Å². The lowest BCUT2D eigenvalue weighted by Gasteiger charge is -2.41. The lowest BCUT2D eigenvalue weighted by atomic mass is 9.92. The third kappa shape index (κ3) is 5.73. The molecule has 2 atom stereocenters. The number of methoxy groups -OCH3 is 1. The summed E-state index contributed by atoms with van der Waals surface area (Å²) in [7, 11) is 1.80. The highest BCUT2D eigenvalue weighted by atomic mass is 16.5. The van der Waals surface area contributed by atoms with Crippen LogP contribution in [0.4, 0.5) is 5.82 Å². The van der Waals surface area contributed by atoms with Gasteiger partial charge in [-0.15, -0.1) is 0 Å². The molecule has 6 nitrogen and oxygen atoms in total. The lowest BCUT2D eigenvalue weighted by Crippen LogP contribution is -2.56. The maximum Gasteiger partial charge on any atom is 0.138 e. The Morgan fingerprint density at radius 3 is 2.62 bits per heavy atom. The molecule has 0 amide bonds. The molecule has 1 saturated carbocycles. The second-order valence-corrected chi connectivity index (χ2v) is 8.37. The number of pyridine rings is 1. The van der Waals surface area contributed by atoms with Crippen molar-refractivity contribution >= 4 is 17.2 Å². The van der Waals surface area contributed by atoms with E-state index in [-0.39, 0.29) is 6.10 Å². The number of nitrogens with zero attached hydrogens (tertiary/aromatic N) is 2. The minimum absolute atomic E-state index is 0.106. The average molecular weight is 398 g/mol. The first-order valence-electron chi connectivity index (χ1n) is 10.8. The molecular weight excluding hydrogens is 362 g/mol. The van der Waals surface area contributed by atoms with Gasteiger partial charge in [-0.3, -0.25) is 0 Å². The number of hydrogen-bond acceptors (Lipinski definition) is 6. The van der Waals surface area contributed by atoms with Gasteiger partial charge in [0.1, 0.15) is 5.82 Å². The van der Waals surface area contributed by atoms with E-state index >= 15 is 0 Å². The third-order valence-electron chi connectivity index (χ3n) is 6.02. The Morgan fingerprint density at radius 1 is 1.17 bits per heavy atom. The molecule has 29 heavy (non-hydrogen) atoms. The van der Waals surface area contributed by atoms with Gasteiger partial charge in [0.2, 0.25) is 0 Å². The second kappa shape index (κ2) is 10.1. The first-order valence-corrected chi connectivity index (χ1v) is 10.8. The topological polar surface area (TPSA) is 85.1 Å². The molecule has 0 bridgehead atoms. The number of anilines is 1. The highest BCUT2D eigenvalue weighted by Gasteiger charge is 2.32. The van der Waals surface area contributed by atoms with Crippen LogP contribution in [0.25, 0.3) is 0 Å². The molecule has 1 aliphatic carbocycles. The van der Waals surface area contributed by atoms with E-state index in [1.807, 2.05) is 19.1 Å². The SMILES string of the molecule is COC1CN(c2nc(C)ccc2C(=N)C=CC(C)=N)CCC1NC1CCCCC1. The number of hydrogen-bond donors (Lipinski definition) is 3. The molecule has 6 heteroatoms. The van der Waals surface area contributed by atoms with E-state index in [0.717, 1.165) is 36.6 Å². The van der Waals surface area contributed by atoms with Crippen LogP contribution in [-0.4, -0.2) is 54.8 Å². The number of allylic oxidation sites excluding steroid dienone is 2. The van der Waals surface area contributed by atoms with Gasteiger partial charge in [0.05, 0.1) is 11.8 Å². The molecule has 2 heterocycles. The molecule has 3 N–H and O–H groups in total. The summed E-state index contributed by atoms with van der Waals surface area (Å²) in [5.41, 5.74) is 2.57. The second-order valence-electron chi connectivity index (χ2n) is 8.37. The number of ether oxygens (including phenoxy) is 1. The molecule has 158 valence electrons. The Hall–Kier alpha value is -2.05. The van der Waals surface area contributed by atoms with E-state index in [0.29, 0.717) is 23.5 Å². The van der Waals surface area contributed by atoms with E-state index in [9.17, 15) is 0 Å². The van der Waals surface area contributed by atoms with Crippen molar-refractivity contribution in [2.24, 2.45) is 0 Å². The maximum atomic E-state index is 8.46. The summed E-state index contributed by atoms with van der Waals surface area (Å²) in [6, 6.07) is 4.90. The van der Waals surface area contributed by atoms with Crippen molar-refractivity contribution in [3.63, 3.8) is 0 Å². The van der Waals surface area contributed by atoms with Gasteiger partial charge in [0.15, 0.2) is 0 Å². The van der Waals surface area contributed by atoms with Gasteiger partial charge >= 0.3 is 0 Å². The normalized spacial score (nSPS) is 23.5. The van der Waals surface area contributed by atoms with E-state index in [4.69, 9.17) is 20.5 Å². The fraction of sp³-hybridized carbons (Fsp3) is 0.609. The lowest BCUT2D eigenvalue weighted by molar-refractivity contribution is 0.0533. The summed E-state index contributed by atoms with van der Waals surface area (Å²) in [5, 5.41) is 19.9. The molecule has 1 aromatic heterocycles. The van der Waals surface area contributed by atoms with E-state index in [1.54, 1.807) is 26.2 Å². The molecule has 0 aromatic carbocycles. The first-order chi connectivity index (χ1) is 14.0. The average Bonchev–Trinajstić information content (AvgIpc) is 2.73. The first kappa shape index (κ1) is 21.7. The quantitative estimate of drug-likeness (QED) is 0.610. The Bertz CT molecular complexity index is 754. The van der Waals surface area contributed by atoms with Crippen LogP contribution < -0.4 is 10.2 Å². The Morgan fingerprint density at radius 2 is 1.93 bits per heavy atom. The molecular formula is C23H35N5O. The van der Waals surface area contributed by atoms with Gasteiger partial charge in [-0.1, -0.05) is 19.3 Å². The van der Waals surface area contributed by atoms with Gasteiger partial charge < -0.3 is 25.8 Å². The standard InChI is InChI=1S/C23H35N5O/c1-16(24)9-12-20(25)19-11-10-17(2)26-23(19)28-14-13-21(22(15-28)29-3)27-18-7-5-4-6-8-18/h9-12,18,21-22,24-25,27H,4-8,13-15H2,1-3H3. The Labute approximate surface area is 174 Å². The minimum atomic E-state index is 0.106. The van der Waals surface area contributed by atoms with Crippen molar-refractivity contribution in [2.45, 2.75) is 70.6 Å². The Kier molecular flexibility index (Phi) is 7.56. The summed E-state index contributed by atoms with van der Waals surface area (Å²) in [6.45, 7) is 5.37. The number of piperidine rings is 1. The highest BCUT2D eigenvalue weighted by Crippen LogP contribution is 2.26.